The van der Waals surface area contributed by atoms with Crippen molar-refractivity contribution in [1.82, 2.24) is 10.6 Å². The zero-order valence-corrected chi connectivity index (χ0v) is 17.1. The van der Waals surface area contributed by atoms with Crippen molar-refractivity contribution in [2.45, 2.75) is 39.5 Å². The molecule has 0 unspecified atom stereocenters. The molecule has 0 aliphatic rings. The summed E-state index contributed by atoms with van der Waals surface area (Å²) in [6.07, 6.45) is 0. The van der Waals surface area contributed by atoms with Gasteiger partial charge in [0.15, 0.2) is 5.96 Å². The van der Waals surface area contributed by atoms with Crippen molar-refractivity contribution in [3.8, 4) is 0 Å². The molecule has 5 nitrogen and oxygen atoms in total. The van der Waals surface area contributed by atoms with Crippen molar-refractivity contribution < 1.29 is 9.47 Å². The summed E-state index contributed by atoms with van der Waals surface area (Å²) in [6.45, 7) is 8.93. The SMILES string of the molecule is CCNC(=NCc1ccc(COC)cc1)NCC(C)(C)OC.I. The Morgan fingerprint density at radius 1 is 1.09 bits per heavy atom. The molecule has 1 rings (SSSR count). The highest BCUT2D eigenvalue weighted by molar-refractivity contribution is 14.0. The van der Waals surface area contributed by atoms with Gasteiger partial charge in [-0.25, -0.2) is 4.99 Å². The molecule has 0 aliphatic heterocycles. The van der Waals surface area contributed by atoms with E-state index in [1.165, 1.54) is 11.1 Å². The lowest BCUT2D eigenvalue weighted by atomic mass is 10.1. The van der Waals surface area contributed by atoms with Crippen LogP contribution in [0.25, 0.3) is 0 Å². The van der Waals surface area contributed by atoms with Crippen molar-refractivity contribution in [1.29, 1.82) is 0 Å². The van der Waals surface area contributed by atoms with Gasteiger partial charge in [0, 0.05) is 27.3 Å². The Bertz CT molecular complexity index is 461. The maximum absolute atomic E-state index is 5.41. The molecule has 1 aromatic rings. The molecule has 0 aromatic heterocycles. The number of methoxy groups -OCH3 is 2. The number of nitrogens with one attached hydrogen (secondary N) is 2. The second-order valence-corrected chi connectivity index (χ2v) is 5.76. The van der Waals surface area contributed by atoms with Crippen LogP contribution in [0.2, 0.25) is 0 Å². The number of ether oxygens (including phenoxy) is 2. The monoisotopic (exact) mass is 435 g/mol. The molecular weight excluding hydrogens is 405 g/mol. The Labute approximate surface area is 157 Å². The number of halogens is 1. The fourth-order valence-corrected chi connectivity index (χ4v) is 1.79. The number of nitrogens with zero attached hydrogens (tertiary/aromatic N) is 1. The lowest BCUT2D eigenvalue weighted by molar-refractivity contribution is 0.0268. The summed E-state index contributed by atoms with van der Waals surface area (Å²) in [7, 11) is 3.42. The van der Waals surface area contributed by atoms with Crippen LogP contribution in [0.4, 0.5) is 0 Å². The average molecular weight is 435 g/mol. The molecule has 23 heavy (non-hydrogen) atoms. The van der Waals surface area contributed by atoms with Crippen LogP contribution in [0.3, 0.4) is 0 Å². The normalized spacial score (nSPS) is 11.8. The Balaban J connectivity index is 0.00000484. The van der Waals surface area contributed by atoms with Gasteiger partial charge >= 0.3 is 0 Å². The average Bonchev–Trinajstić information content (AvgIpc) is 2.52. The summed E-state index contributed by atoms with van der Waals surface area (Å²) < 4.78 is 10.5. The van der Waals surface area contributed by atoms with Gasteiger partial charge in [-0.05, 0) is 31.9 Å². The van der Waals surface area contributed by atoms with Crippen molar-refractivity contribution >= 4 is 29.9 Å². The Kier molecular flexibility index (Phi) is 11.2. The standard InChI is InChI=1S/C17H29N3O2.HI/c1-6-18-16(20-13-17(2,3)22-5)19-11-14-7-9-15(10-8-14)12-21-4;/h7-10H,6,11-13H2,1-5H3,(H2,18,19,20);1H. The third kappa shape index (κ3) is 9.12. The number of hydrogen-bond donors (Lipinski definition) is 2. The van der Waals surface area contributed by atoms with E-state index < -0.39 is 0 Å². The zero-order valence-electron chi connectivity index (χ0n) is 14.8. The second-order valence-electron chi connectivity index (χ2n) is 5.76. The number of hydrogen-bond acceptors (Lipinski definition) is 3. The smallest absolute Gasteiger partial charge is 0.191 e. The molecule has 6 heteroatoms. The molecule has 0 radical (unpaired) electrons. The minimum absolute atomic E-state index is 0. The third-order valence-corrected chi connectivity index (χ3v) is 3.33. The molecule has 0 aliphatic carbocycles. The van der Waals surface area contributed by atoms with Crippen LogP contribution < -0.4 is 10.6 Å². The van der Waals surface area contributed by atoms with Crippen LogP contribution in [-0.4, -0.2) is 38.9 Å². The summed E-state index contributed by atoms with van der Waals surface area (Å²) in [5.41, 5.74) is 2.11. The molecule has 0 bridgehead atoms. The molecule has 0 heterocycles. The van der Waals surface area contributed by atoms with Crippen LogP contribution in [-0.2, 0) is 22.6 Å². The van der Waals surface area contributed by atoms with Crippen LogP contribution in [0.5, 0.6) is 0 Å². The van der Waals surface area contributed by atoms with E-state index in [0.717, 1.165) is 12.5 Å². The molecule has 132 valence electrons. The number of guanidine groups is 1. The van der Waals surface area contributed by atoms with Gasteiger partial charge in [-0.15, -0.1) is 24.0 Å². The first-order valence-electron chi connectivity index (χ1n) is 7.65. The first-order valence-corrected chi connectivity index (χ1v) is 7.65. The summed E-state index contributed by atoms with van der Waals surface area (Å²) in [4.78, 5) is 4.60. The van der Waals surface area contributed by atoms with Crippen molar-refractivity contribution in [3.05, 3.63) is 35.4 Å². The van der Waals surface area contributed by atoms with Gasteiger partial charge in [-0.1, -0.05) is 24.3 Å². The van der Waals surface area contributed by atoms with Gasteiger partial charge in [0.05, 0.1) is 18.8 Å². The van der Waals surface area contributed by atoms with Gasteiger partial charge in [0.2, 0.25) is 0 Å². The molecule has 0 atom stereocenters. The van der Waals surface area contributed by atoms with Gasteiger partial charge in [-0.2, -0.15) is 0 Å². The van der Waals surface area contributed by atoms with Gasteiger partial charge < -0.3 is 20.1 Å². The van der Waals surface area contributed by atoms with Gasteiger partial charge in [0.25, 0.3) is 0 Å². The highest BCUT2D eigenvalue weighted by Gasteiger charge is 2.16. The lowest BCUT2D eigenvalue weighted by Gasteiger charge is -2.24. The van der Waals surface area contributed by atoms with Crippen LogP contribution in [0, 0.1) is 0 Å². The van der Waals surface area contributed by atoms with E-state index in [0.29, 0.717) is 19.7 Å². The maximum atomic E-state index is 5.41. The number of aliphatic imine (C=N–C) groups is 1. The Hall–Kier alpha value is -0.860. The van der Waals surface area contributed by atoms with Crippen LogP contribution >= 0.6 is 24.0 Å². The first kappa shape index (κ1) is 22.1. The topological polar surface area (TPSA) is 54.9 Å². The third-order valence-electron chi connectivity index (χ3n) is 3.33. The minimum atomic E-state index is -0.224. The molecule has 1 aromatic carbocycles. The summed E-state index contributed by atoms with van der Waals surface area (Å²) in [6, 6.07) is 8.31. The number of rotatable bonds is 8. The molecule has 0 fully saturated rings. The molecular formula is C17H30IN3O2. The minimum Gasteiger partial charge on any atom is -0.380 e. The van der Waals surface area contributed by atoms with E-state index in [9.17, 15) is 0 Å². The van der Waals surface area contributed by atoms with E-state index in [4.69, 9.17) is 9.47 Å². The first-order chi connectivity index (χ1) is 10.5. The van der Waals surface area contributed by atoms with Crippen LogP contribution in [0.15, 0.2) is 29.3 Å². The predicted octanol–water partition coefficient (Wildman–Crippen LogP) is 2.93. The molecule has 0 spiro atoms. The zero-order chi connectivity index (χ0) is 16.4. The second kappa shape index (κ2) is 11.6. The molecule has 0 saturated heterocycles. The van der Waals surface area contributed by atoms with Crippen LogP contribution in [0.1, 0.15) is 31.9 Å². The van der Waals surface area contributed by atoms with Gasteiger partial charge in [-0.3, -0.25) is 0 Å². The maximum Gasteiger partial charge on any atom is 0.191 e. The highest BCUT2D eigenvalue weighted by Crippen LogP contribution is 2.07. The van der Waals surface area contributed by atoms with E-state index in [-0.39, 0.29) is 29.6 Å². The highest BCUT2D eigenvalue weighted by atomic mass is 127. The quantitative estimate of drug-likeness (QED) is 0.375. The molecule has 2 N–H and O–H groups in total. The summed E-state index contributed by atoms with van der Waals surface area (Å²) in [5.74, 6) is 0.800. The number of benzene rings is 1. The predicted molar refractivity (Wildman–Crippen MR) is 106 cm³/mol. The Morgan fingerprint density at radius 3 is 2.22 bits per heavy atom. The van der Waals surface area contributed by atoms with Gasteiger partial charge in [0.1, 0.15) is 0 Å². The fraction of sp³-hybridized carbons (Fsp3) is 0.588. The summed E-state index contributed by atoms with van der Waals surface area (Å²) in [5, 5.41) is 6.55. The van der Waals surface area contributed by atoms with Crippen molar-refractivity contribution in [3.63, 3.8) is 0 Å². The summed E-state index contributed by atoms with van der Waals surface area (Å²) >= 11 is 0. The Morgan fingerprint density at radius 2 is 1.70 bits per heavy atom. The van der Waals surface area contributed by atoms with Crippen molar-refractivity contribution in [2.75, 3.05) is 27.3 Å². The van der Waals surface area contributed by atoms with E-state index in [2.05, 4.69) is 46.8 Å². The molecule has 0 saturated carbocycles. The van der Waals surface area contributed by atoms with E-state index in [1.807, 2.05) is 13.8 Å². The van der Waals surface area contributed by atoms with Crippen molar-refractivity contribution in [2.24, 2.45) is 4.99 Å². The molecule has 0 amide bonds. The fourth-order valence-electron chi connectivity index (χ4n) is 1.79. The lowest BCUT2D eigenvalue weighted by Crippen LogP contribution is -2.45. The largest absolute Gasteiger partial charge is 0.380 e. The van der Waals surface area contributed by atoms with E-state index >= 15 is 0 Å². The van der Waals surface area contributed by atoms with E-state index in [1.54, 1.807) is 14.2 Å².